The van der Waals surface area contributed by atoms with E-state index in [2.05, 4.69) is 15.3 Å². The Balaban J connectivity index is 1.49. The van der Waals surface area contributed by atoms with E-state index in [0.717, 1.165) is 30.5 Å². The lowest BCUT2D eigenvalue weighted by molar-refractivity contribution is -0.384. The monoisotopic (exact) mass is 615 g/mol. The predicted molar refractivity (Wildman–Crippen MR) is 148 cm³/mol. The van der Waals surface area contributed by atoms with E-state index in [0.29, 0.717) is 11.3 Å². The first-order valence-electron chi connectivity index (χ1n) is 11.4. The molecule has 3 heterocycles. The maximum Gasteiger partial charge on any atom is 0.269 e. The number of rotatable bonds is 7. The third kappa shape index (κ3) is 5.37. The number of sulfone groups is 1. The first kappa shape index (κ1) is 27.8. The molecular formula is C25H15ClFN5O7S2. The lowest BCUT2D eigenvalue weighted by Gasteiger charge is -2.14. The number of nitro benzene ring substituents is 1. The smallest absolute Gasteiger partial charge is 0.269 e. The van der Waals surface area contributed by atoms with E-state index in [9.17, 15) is 37.3 Å². The first-order chi connectivity index (χ1) is 19.5. The number of hydrogen-bond acceptors (Lipinski definition) is 9. The number of carbonyl (C=O) groups excluding carboxylic acids is 1. The molecule has 5 rings (SSSR count). The second kappa shape index (κ2) is 10.7. The highest BCUT2D eigenvalue weighted by molar-refractivity contribution is 7.93. The zero-order valence-corrected chi connectivity index (χ0v) is 22.7. The minimum Gasteiger partial charge on any atom is -0.341 e. The standard InChI is InChI=1S/C25H15ClFN5O7S2/c26-17-2-1-3-18(27)15(17)11-31-12-16(23(34)22-19(31)8-9-20(33)29-22)24(35)30-25-28-10-21(40-25)41(38,39)14-6-4-13(5-7-14)32(36)37/h1-10,12H,11H2,(H,29,33)(H,28,30,35). The van der Waals surface area contributed by atoms with Crippen LogP contribution >= 0.6 is 22.9 Å². The van der Waals surface area contributed by atoms with Crippen molar-refractivity contribution in [2.45, 2.75) is 15.6 Å². The summed E-state index contributed by atoms with van der Waals surface area (Å²) >= 11 is 6.76. The number of hydrogen-bond donors (Lipinski definition) is 2. The molecule has 0 saturated heterocycles. The topological polar surface area (TPSA) is 174 Å². The van der Waals surface area contributed by atoms with Gasteiger partial charge in [0.1, 0.15) is 21.1 Å². The number of carbonyl (C=O) groups is 1. The molecule has 41 heavy (non-hydrogen) atoms. The van der Waals surface area contributed by atoms with Crippen LogP contribution in [-0.2, 0) is 16.4 Å². The fourth-order valence-corrected chi connectivity index (χ4v) is 6.56. The van der Waals surface area contributed by atoms with E-state index in [-0.39, 0.29) is 48.1 Å². The van der Waals surface area contributed by atoms with Crippen molar-refractivity contribution in [2.75, 3.05) is 5.32 Å². The van der Waals surface area contributed by atoms with E-state index in [4.69, 9.17) is 11.6 Å². The maximum atomic E-state index is 14.5. The molecular weight excluding hydrogens is 601 g/mol. The fourth-order valence-electron chi connectivity index (χ4n) is 3.91. The van der Waals surface area contributed by atoms with Crippen molar-refractivity contribution in [3.8, 4) is 0 Å². The molecule has 208 valence electrons. The average molecular weight is 616 g/mol. The van der Waals surface area contributed by atoms with Gasteiger partial charge in [0.2, 0.25) is 20.8 Å². The molecule has 0 radical (unpaired) electrons. The van der Waals surface area contributed by atoms with Gasteiger partial charge in [-0.15, -0.1) is 0 Å². The number of non-ortho nitro benzene ring substituents is 1. The van der Waals surface area contributed by atoms with E-state index >= 15 is 0 Å². The number of amides is 1. The normalized spacial score (nSPS) is 11.5. The summed E-state index contributed by atoms with van der Waals surface area (Å²) in [7, 11) is -4.12. The van der Waals surface area contributed by atoms with Crippen LogP contribution in [-0.4, -0.2) is 33.8 Å². The average Bonchev–Trinajstić information content (AvgIpc) is 3.41. The van der Waals surface area contributed by atoms with Crippen LogP contribution in [0.5, 0.6) is 0 Å². The number of nitrogens with zero attached hydrogens (tertiary/aromatic N) is 3. The van der Waals surface area contributed by atoms with Gasteiger partial charge in [0.05, 0.1) is 28.1 Å². The van der Waals surface area contributed by atoms with Crippen LogP contribution in [0.2, 0.25) is 5.02 Å². The Morgan fingerprint density at radius 2 is 1.88 bits per heavy atom. The molecule has 2 aromatic carbocycles. The molecule has 12 nitrogen and oxygen atoms in total. The lowest BCUT2D eigenvalue weighted by atomic mass is 10.1. The quantitative estimate of drug-likeness (QED) is 0.204. The number of benzene rings is 2. The summed E-state index contributed by atoms with van der Waals surface area (Å²) in [6.45, 7) is -0.191. The van der Waals surface area contributed by atoms with Crippen molar-refractivity contribution < 1.29 is 22.5 Å². The number of nitrogens with one attached hydrogen (secondary N) is 2. The molecule has 0 aliphatic carbocycles. The van der Waals surface area contributed by atoms with Crippen molar-refractivity contribution >= 4 is 60.5 Å². The zero-order chi connectivity index (χ0) is 29.5. The third-order valence-electron chi connectivity index (χ3n) is 5.93. The van der Waals surface area contributed by atoms with Gasteiger partial charge in [-0.2, -0.15) is 0 Å². The highest BCUT2D eigenvalue weighted by Gasteiger charge is 2.24. The van der Waals surface area contributed by atoms with Gasteiger partial charge < -0.3 is 9.55 Å². The molecule has 0 unspecified atom stereocenters. The van der Waals surface area contributed by atoms with Crippen LogP contribution < -0.4 is 16.3 Å². The Bertz CT molecular complexity index is 2070. The maximum absolute atomic E-state index is 14.5. The van der Waals surface area contributed by atoms with E-state index < -0.39 is 43.0 Å². The van der Waals surface area contributed by atoms with E-state index in [1.54, 1.807) is 0 Å². The van der Waals surface area contributed by atoms with Crippen LogP contribution in [0.15, 0.2) is 85.7 Å². The number of aromatic amines is 1. The number of fused-ring (bicyclic) bond motifs is 1. The highest BCUT2D eigenvalue weighted by atomic mass is 35.5. The van der Waals surface area contributed by atoms with E-state index in [1.165, 1.54) is 41.1 Å². The van der Waals surface area contributed by atoms with Crippen molar-refractivity contribution in [1.82, 2.24) is 14.5 Å². The Labute approximate surface area is 237 Å². The summed E-state index contributed by atoms with van der Waals surface area (Å²) in [5.74, 6) is -1.59. The van der Waals surface area contributed by atoms with Gasteiger partial charge in [-0.25, -0.2) is 17.8 Å². The molecule has 0 fully saturated rings. The summed E-state index contributed by atoms with van der Waals surface area (Å²) in [6.07, 6.45) is 2.16. The minimum absolute atomic E-state index is 0.0812. The van der Waals surface area contributed by atoms with Crippen LogP contribution in [0.4, 0.5) is 15.2 Å². The predicted octanol–water partition coefficient (Wildman–Crippen LogP) is 3.98. The van der Waals surface area contributed by atoms with Gasteiger partial charge in [0.25, 0.3) is 11.6 Å². The molecule has 0 aliphatic heterocycles. The summed E-state index contributed by atoms with van der Waals surface area (Å²) in [5, 5.41) is 13.2. The van der Waals surface area contributed by atoms with Gasteiger partial charge >= 0.3 is 0 Å². The Morgan fingerprint density at radius 3 is 2.56 bits per heavy atom. The van der Waals surface area contributed by atoms with Crippen molar-refractivity contribution in [1.29, 1.82) is 0 Å². The molecule has 2 N–H and O–H groups in total. The number of H-pyrrole nitrogens is 1. The van der Waals surface area contributed by atoms with Crippen LogP contribution in [0, 0.1) is 15.9 Å². The minimum atomic E-state index is -4.12. The fraction of sp³-hybridized carbons (Fsp3) is 0.0400. The second-order valence-corrected chi connectivity index (χ2v) is 12.1. The van der Waals surface area contributed by atoms with Gasteiger partial charge in [-0.1, -0.05) is 29.0 Å². The van der Waals surface area contributed by atoms with Crippen molar-refractivity contribution in [3.05, 3.63) is 120 Å². The summed E-state index contributed by atoms with van der Waals surface area (Å²) in [5.41, 5.74) is -2.10. The Kier molecular flexibility index (Phi) is 7.25. The molecule has 0 bridgehead atoms. The molecule has 16 heteroatoms. The molecule has 0 spiro atoms. The molecule has 0 aliphatic rings. The first-order valence-corrected chi connectivity index (χ1v) is 14.1. The largest absolute Gasteiger partial charge is 0.341 e. The number of anilines is 1. The van der Waals surface area contributed by atoms with Crippen molar-refractivity contribution in [3.63, 3.8) is 0 Å². The SMILES string of the molecule is O=C(Nc1ncc(S(=O)(=O)c2ccc([N+](=O)[O-])cc2)s1)c1cn(Cc2c(F)cccc2Cl)c2ccc(=O)[nH]c2c1=O. The molecule has 1 amide bonds. The van der Waals surface area contributed by atoms with Gasteiger partial charge in [0.15, 0.2) is 5.13 Å². The Hall–Kier alpha value is -4.73. The third-order valence-corrected chi connectivity index (χ3v) is 9.42. The number of nitro groups is 1. The number of aromatic nitrogens is 3. The van der Waals surface area contributed by atoms with E-state index in [1.807, 2.05) is 0 Å². The Morgan fingerprint density at radius 1 is 1.15 bits per heavy atom. The summed E-state index contributed by atoms with van der Waals surface area (Å²) < 4.78 is 41.5. The van der Waals surface area contributed by atoms with Gasteiger partial charge in [0, 0.05) is 35.0 Å². The van der Waals surface area contributed by atoms with Crippen molar-refractivity contribution in [2.24, 2.45) is 0 Å². The number of halogens is 2. The summed E-state index contributed by atoms with van der Waals surface area (Å²) in [6, 6.07) is 10.9. The molecule has 5 aromatic rings. The highest BCUT2D eigenvalue weighted by Crippen LogP contribution is 2.30. The van der Waals surface area contributed by atoms with Gasteiger partial charge in [-0.05, 0) is 30.3 Å². The zero-order valence-electron chi connectivity index (χ0n) is 20.3. The molecule has 0 saturated carbocycles. The molecule has 0 atom stereocenters. The van der Waals surface area contributed by atoms with Crippen LogP contribution in [0.1, 0.15) is 15.9 Å². The lowest BCUT2D eigenvalue weighted by Crippen LogP contribution is -2.26. The van der Waals surface area contributed by atoms with Crippen LogP contribution in [0.3, 0.4) is 0 Å². The number of thiazole rings is 1. The summed E-state index contributed by atoms with van der Waals surface area (Å²) in [4.78, 5) is 54.6. The van der Waals surface area contributed by atoms with Crippen LogP contribution in [0.25, 0.3) is 11.0 Å². The number of pyridine rings is 2. The van der Waals surface area contributed by atoms with Gasteiger partial charge in [-0.3, -0.25) is 29.8 Å². The molecule has 3 aromatic heterocycles. The second-order valence-electron chi connectivity index (χ2n) is 8.48.